The molecule has 0 N–H and O–H groups in total. The van der Waals surface area contributed by atoms with Gasteiger partial charge in [0, 0.05) is 30.6 Å². The summed E-state index contributed by atoms with van der Waals surface area (Å²) in [6, 6.07) is 3.84. The summed E-state index contributed by atoms with van der Waals surface area (Å²) in [5.74, 6) is 0.289. The van der Waals surface area contributed by atoms with Crippen LogP contribution in [0.5, 0.6) is 0 Å². The average Bonchev–Trinajstić information content (AvgIpc) is 2.84. The lowest BCUT2D eigenvalue weighted by Gasteiger charge is -2.28. The van der Waals surface area contributed by atoms with Crippen molar-refractivity contribution in [1.82, 2.24) is 4.90 Å². The Morgan fingerprint density at radius 2 is 2.26 bits per heavy atom. The van der Waals surface area contributed by atoms with E-state index in [1.807, 2.05) is 17.0 Å². The summed E-state index contributed by atoms with van der Waals surface area (Å²) in [4.78, 5) is 15.4. The molecule has 0 bridgehead atoms. The van der Waals surface area contributed by atoms with E-state index in [-0.39, 0.29) is 11.8 Å². The predicted octanol–water partition coefficient (Wildman–Crippen LogP) is 3.34. The van der Waals surface area contributed by atoms with Gasteiger partial charge in [0.2, 0.25) is 5.91 Å². The Morgan fingerprint density at radius 1 is 1.53 bits per heavy atom. The van der Waals surface area contributed by atoms with Crippen LogP contribution in [-0.2, 0) is 16.1 Å². The number of hydrogen-bond donors (Lipinski definition) is 0. The standard InChI is InChI=1S/C14H18ClNO2S/c1-2-7-16(10-12-3-4-13(15)19-12)14(17)11-5-8-18-9-6-11/h2-4,11H,1,5-10H2. The maximum atomic E-state index is 12.5. The molecule has 5 heteroatoms. The Labute approximate surface area is 122 Å². The predicted molar refractivity (Wildman–Crippen MR) is 78.5 cm³/mol. The van der Waals surface area contributed by atoms with Gasteiger partial charge in [0.25, 0.3) is 0 Å². The van der Waals surface area contributed by atoms with E-state index >= 15 is 0 Å². The Hall–Kier alpha value is -0.840. The van der Waals surface area contributed by atoms with Crippen LogP contribution in [0.4, 0.5) is 0 Å². The van der Waals surface area contributed by atoms with E-state index in [4.69, 9.17) is 16.3 Å². The molecule has 0 spiro atoms. The van der Waals surface area contributed by atoms with E-state index in [9.17, 15) is 4.79 Å². The smallest absolute Gasteiger partial charge is 0.226 e. The molecule has 1 saturated heterocycles. The highest BCUT2D eigenvalue weighted by Gasteiger charge is 2.26. The van der Waals surface area contributed by atoms with Crippen molar-refractivity contribution in [3.8, 4) is 0 Å². The summed E-state index contributed by atoms with van der Waals surface area (Å²) in [6.07, 6.45) is 3.40. The highest BCUT2D eigenvalue weighted by atomic mass is 35.5. The molecule has 0 radical (unpaired) electrons. The lowest BCUT2D eigenvalue weighted by Crippen LogP contribution is -2.38. The topological polar surface area (TPSA) is 29.5 Å². The Kier molecular flexibility index (Phi) is 5.43. The number of nitrogens with zero attached hydrogens (tertiary/aromatic N) is 1. The number of halogens is 1. The third kappa shape index (κ3) is 4.06. The summed E-state index contributed by atoms with van der Waals surface area (Å²) >= 11 is 7.45. The van der Waals surface area contributed by atoms with Crippen LogP contribution in [0.3, 0.4) is 0 Å². The largest absolute Gasteiger partial charge is 0.381 e. The van der Waals surface area contributed by atoms with Gasteiger partial charge in [-0.15, -0.1) is 17.9 Å². The molecule has 0 aromatic carbocycles. The molecule has 1 amide bonds. The van der Waals surface area contributed by atoms with E-state index in [1.165, 1.54) is 11.3 Å². The van der Waals surface area contributed by atoms with Gasteiger partial charge in [-0.05, 0) is 25.0 Å². The highest BCUT2D eigenvalue weighted by Crippen LogP contribution is 2.24. The highest BCUT2D eigenvalue weighted by molar-refractivity contribution is 7.16. The summed E-state index contributed by atoms with van der Waals surface area (Å²) in [6.45, 7) is 6.29. The van der Waals surface area contributed by atoms with Crippen LogP contribution in [-0.4, -0.2) is 30.6 Å². The van der Waals surface area contributed by atoms with Gasteiger partial charge in [0.15, 0.2) is 0 Å². The Bertz CT molecular complexity index is 440. The Morgan fingerprint density at radius 3 is 2.84 bits per heavy atom. The Balaban J connectivity index is 2.01. The van der Waals surface area contributed by atoms with Gasteiger partial charge < -0.3 is 9.64 Å². The van der Waals surface area contributed by atoms with E-state index in [1.54, 1.807) is 6.08 Å². The van der Waals surface area contributed by atoms with Crippen molar-refractivity contribution in [1.29, 1.82) is 0 Å². The molecular weight excluding hydrogens is 282 g/mol. The molecule has 1 aliphatic heterocycles. The monoisotopic (exact) mass is 299 g/mol. The van der Waals surface area contributed by atoms with E-state index in [0.29, 0.717) is 26.3 Å². The first-order valence-corrected chi connectivity index (χ1v) is 7.62. The van der Waals surface area contributed by atoms with Crippen molar-refractivity contribution in [3.05, 3.63) is 34.0 Å². The van der Waals surface area contributed by atoms with Gasteiger partial charge >= 0.3 is 0 Å². The van der Waals surface area contributed by atoms with Gasteiger partial charge in [-0.1, -0.05) is 17.7 Å². The van der Waals surface area contributed by atoms with E-state index in [2.05, 4.69) is 6.58 Å². The van der Waals surface area contributed by atoms with Crippen LogP contribution in [0.1, 0.15) is 17.7 Å². The fourth-order valence-electron chi connectivity index (χ4n) is 2.22. The van der Waals surface area contributed by atoms with Crippen LogP contribution in [0.25, 0.3) is 0 Å². The summed E-state index contributed by atoms with van der Waals surface area (Å²) in [5.41, 5.74) is 0. The van der Waals surface area contributed by atoms with Gasteiger partial charge in [0.05, 0.1) is 10.9 Å². The number of rotatable bonds is 5. The third-order valence-corrected chi connectivity index (χ3v) is 4.42. The maximum Gasteiger partial charge on any atom is 0.226 e. The van der Waals surface area contributed by atoms with Gasteiger partial charge in [-0.25, -0.2) is 0 Å². The number of carbonyl (C=O) groups is 1. The zero-order valence-corrected chi connectivity index (χ0v) is 12.4. The molecule has 3 nitrogen and oxygen atoms in total. The first-order valence-electron chi connectivity index (χ1n) is 6.42. The first-order chi connectivity index (χ1) is 9.20. The van der Waals surface area contributed by atoms with Crippen molar-refractivity contribution >= 4 is 28.8 Å². The second-order valence-electron chi connectivity index (χ2n) is 4.60. The average molecular weight is 300 g/mol. The number of carbonyl (C=O) groups excluding carboxylic acids is 1. The van der Waals surface area contributed by atoms with Crippen molar-refractivity contribution in [2.75, 3.05) is 19.8 Å². The number of ether oxygens (including phenoxy) is 1. The summed E-state index contributed by atoms with van der Waals surface area (Å²) in [7, 11) is 0. The molecule has 0 saturated carbocycles. The summed E-state index contributed by atoms with van der Waals surface area (Å²) in [5, 5.41) is 0. The molecule has 2 rings (SSSR count). The van der Waals surface area contributed by atoms with E-state index < -0.39 is 0 Å². The lowest BCUT2D eigenvalue weighted by atomic mass is 9.98. The number of thiophene rings is 1. The molecule has 1 fully saturated rings. The second-order valence-corrected chi connectivity index (χ2v) is 6.40. The molecular formula is C14H18ClNO2S. The van der Waals surface area contributed by atoms with Crippen LogP contribution >= 0.6 is 22.9 Å². The molecule has 0 unspecified atom stereocenters. The van der Waals surface area contributed by atoms with Crippen LogP contribution in [0.2, 0.25) is 4.34 Å². The van der Waals surface area contributed by atoms with Gasteiger partial charge in [-0.3, -0.25) is 4.79 Å². The fourth-order valence-corrected chi connectivity index (χ4v) is 3.32. The van der Waals surface area contributed by atoms with E-state index in [0.717, 1.165) is 22.1 Å². The zero-order valence-electron chi connectivity index (χ0n) is 10.8. The molecule has 19 heavy (non-hydrogen) atoms. The normalized spacial score (nSPS) is 16.3. The molecule has 1 aromatic rings. The number of amides is 1. The lowest BCUT2D eigenvalue weighted by molar-refractivity contribution is -0.138. The molecule has 104 valence electrons. The number of hydrogen-bond acceptors (Lipinski definition) is 3. The second kappa shape index (κ2) is 7.08. The summed E-state index contributed by atoms with van der Waals surface area (Å²) < 4.78 is 6.06. The fraction of sp³-hybridized carbons (Fsp3) is 0.500. The van der Waals surface area contributed by atoms with Crippen molar-refractivity contribution in [2.24, 2.45) is 5.92 Å². The molecule has 0 atom stereocenters. The van der Waals surface area contributed by atoms with Crippen molar-refractivity contribution < 1.29 is 9.53 Å². The van der Waals surface area contributed by atoms with Crippen LogP contribution in [0.15, 0.2) is 24.8 Å². The quantitative estimate of drug-likeness (QED) is 0.780. The minimum Gasteiger partial charge on any atom is -0.381 e. The zero-order chi connectivity index (χ0) is 13.7. The maximum absolute atomic E-state index is 12.5. The third-order valence-electron chi connectivity index (χ3n) is 3.21. The van der Waals surface area contributed by atoms with Crippen molar-refractivity contribution in [2.45, 2.75) is 19.4 Å². The minimum absolute atomic E-state index is 0.0872. The first kappa shape index (κ1) is 14.6. The van der Waals surface area contributed by atoms with Gasteiger partial charge in [-0.2, -0.15) is 0 Å². The molecule has 0 aliphatic carbocycles. The molecule has 1 aromatic heterocycles. The molecule has 2 heterocycles. The minimum atomic E-state index is 0.0872. The van der Waals surface area contributed by atoms with Crippen LogP contribution < -0.4 is 0 Å². The molecule has 1 aliphatic rings. The van der Waals surface area contributed by atoms with Crippen LogP contribution in [0, 0.1) is 5.92 Å². The van der Waals surface area contributed by atoms with Crippen molar-refractivity contribution in [3.63, 3.8) is 0 Å². The SMILES string of the molecule is C=CCN(Cc1ccc(Cl)s1)C(=O)C1CCOCC1. The van der Waals surface area contributed by atoms with Gasteiger partial charge in [0.1, 0.15) is 0 Å².